The number of pyridine rings is 2. The molecule has 18 nitrogen and oxygen atoms in total. The van der Waals surface area contributed by atoms with Crippen LogP contribution in [0.1, 0.15) is 84.0 Å². The summed E-state index contributed by atoms with van der Waals surface area (Å²) in [6.45, 7) is 1.89. The van der Waals surface area contributed by atoms with Gasteiger partial charge >= 0.3 is 11.9 Å². The molecule has 2 aliphatic heterocycles. The molecule has 0 spiro atoms. The van der Waals surface area contributed by atoms with Crippen LogP contribution in [0.5, 0.6) is 0 Å². The van der Waals surface area contributed by atoms with Crippen LogP contribution in [0.25, 0.3) is 22.3 Å². The van der Waals surface area contributed by atoms with Crippen molar-refractivity contribution in [3.8, 4) is 11.4 Å². The van der Waals surface area contributed by atoms with Gasteiger partial charge in [0, 0.05) is 60.8 Å². The summed E-state index contributed by atoms with van der Waals surface area (Å²) in [5.41, 5.74) is 7.38. The van der Waals surface area contributed by atoms with Crippen molar-refractivity contribution >= 4 is 52.1 Å². The summed E-state index contributed by atoms with van der Waals surface area (Å²) in [6, 6.07) is 11.2. The molecule has 2 aromatic carbocycles. The predicted octanol–water partition coefficient (Wildman–Crippen LogP) is 1.38. The average molecular weight is 910 g/mol. The highest BCUT2D eigenvalue weighted by Gasteiger charge is 2.46. The number of carboxylic acids is 1. The van der Waals surface area contributed by atoms with Crippen LogP contribution in [-0.2, 0) is 69.9 Å². The number of aliphatic hydroxyl groups is 1. The summed E-state index contributed by atoms with van der Waals surface area (Å²) in [7, 11) is 0. The number of esters is 1. The Bertz CT molecular complexity index is 2710. The molecule has 66 heavy (non-hydrogen) atoms. The SMILES string of the molecule is CC[C@@]1(O)C(=O)OCc2c1cc1n(c2=O)Cc2c-1nc1cc(F)c(C)c3c1c2[C@@H](NC(=O)CNC(=O)[C@@H](CC(=O)CNC(=O)CCC(=O)CN(CCN)CC(=O)O)Cc1ccccc1)CC3. The molecule has 7 rings (SSSR count). The maximum atomic E-state index is 15.4. The van der Waals surface area contributed by atoms with Crippen molar-refractivity contribution in [2.45, 2.75) is 83.6 Å². The number of ether oxygens (including phenoxy) is 1. The number of carboxylic acid groups (broad SMARTS) is 1. The van der Waals surface area contributed by atoms with Gasteiger partial charge in [-0.2, -0.15) is 0 Å². The summed E-state index contributed by atoms with van der Waals surface area (Å²) in [6.07, 6.45) is 0.151. The van der Waals surface area contributed by atoms with Gasteiger partial charge in [0.25, 0.3) is 5.56 Å². The number of nitrogens with zero attached hydrogens (tertiary/aromatic N) is 3. The van der Waals surface area contributed by atoms with Crippen molar-refractivity contribution < 1.29 is 52.9 Å². The van der Waals surface area contributed by atoms with E-state index in [0.29, 0.717) is 51.8 Å². The Morgan fingerprint density at radius 1 is 1.00 bits per heavy atom. The van der Waals surface area contributed by atoms with Crippen LogP contribution in [0.4, 0.5) is 4.39 Å². The topological polar surface area (TPSA) is 269 Å². The van der Waals surface area contributed by atoms with E-state index >= 15 is 4.39 Å². The number of benzene rings is 2. The van der Waals surface area contributed by atoms with Gasteiger partial charge in [-0.3, -0.25) is 38.5 Å². The zero-order valence-corrected chi connectivity index (χ0v) is 36.7. The second-order valence-corrected chi connectivity index (χ2v) is 17.0. The summed E-state index contributed by atoms with van der Waals surface area (Å²) < 4.78 is 22.1. The van der Waals surface area contributed by atoms with Crippen molar-refractivity contribution in [2.24, 2.45) is 11.7 Å². The lowest BCUT2D eigenvalue weighted by molar-refractivity contribution is -0.172. The van der Waals surface area contributed by atoms with E-state index in [2.05, 4.69) is 16.0 Å². The molecule has 7 N–H and O–H groups in total. The third kappa shape index (κ3) is 9.78. The van der Waals surface area contributed by atoms with Crippen molar-refractivity contribution in [2.75, 3.05) is 39.3 Å². The Kier molecular flexibility index (Phi) is 14.2. The van der Waals surface area contributed by atoms with E-state index in [0.717, 1.165) is 11.1 Å². The van der Waals surface area contributed by atoms with Crippen molar-refractivity contribution in [3.63, 3.8) is 0 Å². The zero-order valence-electron chi connectivity index (χ0n) is 36.7. The first-order valence-corrected chi connectivity index (χ1v) is 21.9. The molecule has 0 bridgehead atoms. The molecule has 4 aromatic rings. The molecule has 0 saturated carbocycles. The lowest BCUT2D eigenvalue weighted by Gasteiger charge is -2.31. The normalized spacial score (nSPS) is 17.3. The number of fused-ring (bicyclic) bond motifs is 5. The number of cyclic esters (lactones) is 1. The van der Waals surface area contributed by atoms with E-state index in [4.69, 9.17) is 20.6 Å². The second kappa shape index (κ2) is 19.8. The molecule has 0 unspecified atom stereocenters. The molecule has 3 amide bonds. The largest absolute Gasteiger partial charge is 0.480 e. The van der Waals surface area contributed by atoms with Gasteiger partial charge in [-0.05, 0) is 60.9 Å². The number of rotatable bonds is 20. The molecule has 0 fully saturated rings. The van der Waals surface area contributed by atoms with Gasteiger partial charge in [0.05, 0.1) is 61.2 Å². The molecule has 1 aliphatic carbocycles. The van der Waals surface area contributed by atoms with Crippen LogP contribution in [0.2, 0.25) is 0 Å². The first-order chi connectivity index (χ1) is 31.5. The Morgan fingerprint density at radius 2 is 1.76 bits per heavy atom. The van der Waals surface area contributed by atoms with Crippen LogP contribution < -0.4 is 27.2 Å². The van der Waals surface area contributed by atoms with Crippen LogP contribution in [-0.4, -0.2) is 105 Å². The number of hydrogen-bond acceptors (Lipinski definition) is 13. The number of nitrogens with two attached hydrogens (primary N) is 1. The van der Waals surface area contributed by atoms with Crippen molar-refractivity contribution in [1.82, 2.24) is 30.4 Å². The molecule has 2 aromatic heterocycles. The first kappa shape index (κ1) is 47.3. The van der Waals surface area contributed by atoms with Gasteiger partial charge in [-0.25, -0.2) is 14.2 Å². The number of hydrogen-bond donors (Lipinski definition) is 6. The Balaban J connectivity index is 1.04. The fourth-order valence-electron chi connectivity index (χ4n) is 9.21. The highest BCUT2D eigenvalue weighted by Crippen LogP contribution is 2.46. The zero-order chi connectivity index (χ0) is 47.4. The minimum Gasteiger partial charge on any atom is -0.480 e. The number of aromatic nitrogens is 2. The smallest absolute Gasteiger partial charge is 0.343 e. The van der Waals surface area contributed by atoms with E-state index < -0.39 is 77.5 Å². The van der Waals surface area contributed by atoms with Gasteiger partial charge in [-0.1, -0.05) is 37.3 Å². The number of amides is 3. The monoisotopic (exact) mass is 909 g/mol. The van der Waals surface area contributed by atoms with Crippen LogP contribution in [0.15, 0.2) is 47.3 Å². The van der Waals surface area contributed by atoms with Gasteiger partial charge in [0.15, 0.2) is 11.4 Å². The molecule has 0 saturated heterocycles. The molecule has 3 atom stereocenters. The lowest BCUT2D eigenvalue weighted by atomic mass is 9.81. The van der Waals surface area contributed by atoms with E-state index in [1.165, 1.54) is 15.5 Å². The summed E-state index contributed by atoms with van der Waals surface area (Å²) in [4.78, 5) is 110. The molecule has 4 heterocycles. The van der Waals surface area contributed by atoms with Gasteiger partial charge in [0.1, 0.15) is 18.2 Å². The number of halogens is 1. The van der Waals surface area contributed by atoms with E-state index in [-0.39, 0.29) is 88.3 Å². The molecule has 19 heteroatoms. The van der Waals surface area contributed by atoms with Crippen molar-refractivity contribution in [1.29, 1.82) is 0 Å². The number of aryl methyl sites for hydroxylation is 1. The standard InChI is InChI=1S/C47H52FN7O11/c1-3-47(65)33-17-37-43-31(22-55(37)45(63)32(33)24-66-46(47)64)42-35(11-10-30-25(2)34(48)18-36(53-43)41(30)42)52-39(59)20-51-44(62)27(15-26-7-5-4-6-8-26)16-29(57)19-50-38(58)12-9-28(56)21-54(14-13-49)23-40(60)61/h4-8,17-18,27,35,65H,3,9-16,19-24,49H2,1-2H3,(H,50,58)(H,51,62)(H,52,59)(H,60,61)/t27-,35+,47+/m1/s1. The summed E-state index contributed by atoms with van der Waals surface area (Å²) in [5.74, 6) is -5.92. The van der Waals surface area contributed by atoms with Gasteiger partial charge in [0.2, 0.25) is 17.7 Å². The Morgan fingerprint density at radius 3 is 2.47 bits per heavy atom. The number of ketones is 2. The Labute approximate surface area is 378 Å². The maximum Gasteiger partial charge on any atom is 0.343 e. The molecule has 0 radical (unpaired) electrons. The van der Waals surface area contributed by atoms with E-state index in [1.54, 1.807) is 50.2 Å². The number of aliphatic carboxylic acids is 1. The maximum absolute atomic E-state index is 15.4. The van der Waals surface area contributed by atoms with Gasteiger partial charge < -0.3 is 41.2 Å². The van der Waals surface area contributed by atoms with E-state index in [1.807, 2.05) is 0 Å². The first-order valence-electron chi connectivity index (χ1n) is 21.9. The second-order valence-electron chi connectivity index (χ2n) is 17.0. The van der Waals surface area contributed by atoms with Gasteiger partial charge in [-0.15, -0.1) is 0 Å². The highest BCUT2D eigenvalue weighted by atomic mass is 19.1. The van der Waals surface area contributed by atoms with Crippen LogP contribution in [0.3, 0.4) is 0 Å². The lowest BCUT2D eigenvalue weighted by Crippen LogP contribution is -2.44. The minimum atomic E-state index is -2.05. The number of nitrogens with one attached hydrogen (secondary N) is 3. The number of Topliss-reactive ketones (excluding diaryl/α,β-unsaturated/α-hetero) is 2. The average Bonchev–Trinajstić information content (AvgIpc) is 3.66. The summed E-state index contributed by atoms with van der Waals surface area (Å²) in [5, 5.41) is 29.3. The minimum absolute atomic E-state index is 0.0445. The number of carbonyl (C=O) groups excluding carboxylic acids is 6. The van der Waals surface area contributed by atoms with E-state index in [9.17, 15) is 43.5 Å². The van der Waals surface area contributed by atoms with Crippen LogP contribution in [0, 0.1) is 18.7 Å². The third-order valence-electron chi connectivity index (χ3n) is 12.6. The summed E-state index contributed by atoms with van der Waals surface area (Å²) >= 11 is 0. The predicted molar refractivity (Wildman–Crippen MR) is 235 cm³/mol. The molecular weight excluding hydrogens is 858 g/mol. The van der Waals surface area contributed by atoms with Crippen LogP contribution >= 0.6 is 0 Å². The molecule has 3 aliphatic rings. The molecule has 348 valence electrons. The molecular formula is C47H52FN7O11. The highest BCUT2D eigenvalue weighted by molar-refractivity contribution is 5.95. The fourth-order valence-corrected chi connectivity index (χ4v) is 9.21. The quantitative estimate of drug-likeness (QED) is 0.0603. The third-order valence-corrected chi connectivity index (χ3v) is 12.6. The number of carbonyl (C=O) groups is 7. The van der Waals surface area contributed by atoms with Crippen molar-refractivity contribution in [3.05, 3.63) is 97.6 Å². The fraction of sp³-hybridized carbons (Fsp3) is 0.426. The Hall–Kier alpha value is -6.70.